The highest BCUT2D eigenvalue weighted by Gasteiger charge is 2.28. The highest BCUT2D eigenvalue weighted by molar-refractivity contribution is 6.04. The van der Waals surface area contributed by atoms with Crippen molar-refractivity contribution in [2.75, 3.05) is 5.32 Å². The van der Waals surface area contributed by atoms with E-state index in [0.717, 1.165) is 31.4 Å². The average Bonchev–Trinajstić information content (AvgIpc) is 3.08. The van der Waals surface area contributed by atoms with E-state index in [1.165, 1.54) is 0 Å². The molecule has 0 bridgehead atoms. The molecule has 1 aliphatic rings. The van der Waals surface area contributed by atoms with Crippen LogP contribution in [0.4, 0.5) is 5.69 Å². The van der Waals surface area contributed by atoms with Crippen molar-refractivity contribution in [2.45, 2.75) is 52.1 Å². The zero-order valence-corrected chi connectivity index (χ0v) is 15.6. The summed E-state index contributed by atoms with van der Waals surface area (Å²) in [6.45, 7) is 4.59. The summed E-state index contributed by atoms with van der Waals surface area (Å²) in [7, 11) is 0. The van der Waals surface area contributed by atoms with Crippen LogP contribution in [0.25, 0.3) is 0 Å². The molecule has 1 unspecified atom stereocenters. The third-order valence-corrected chi connectivity index (χ3v) is 4.82. The molecule has 27 heavy (non-hydrogen) atoms. The van der Waals surface area contributed by atoms with Crippen LogP contribution in [-0.4, -0.2) is 27.4 Å². The van der Waals surface area contributed by atoms with Crippen LogP contribution in [0.3, 0.4) is 0 Å². The number of carbonyl (C=O) groups is 2. The van der Waals surface area contributed by atoms with Crippen LogP contribution >= 0.6 is 0 Å². The van der Waals surface area contributed by atoms with Gasteiger partial charge in [-0.3, -0.25) is 9.59 Å². The first kappa shape index (κ1) is 18.6. The number of rotatable bonds is 5. The highest BCUT2D eigenvalue weighted by atomic mass is 16.2. The number of carbonyl (C=O) groups excluding carboxylic acids is 2. The first-order chi connectivity index (χ1) is 13.0. The number of nitrogens with one attached hydrogen (secondary N) is 2. The molecule has 7 heteroatoms. The molecule has 2 N–H and O–H groups in total. The number of hydrogen-bond acceptors (Lipinski definition) is 4. The number of fused-ring (bicyclic) bond motifs is 1. The second kappa shape index (κ2) is 8.04. The molecule has 0 spiro atoms. The Bertz CT molecular complexity index is 910. The van der Waals surface area contributed by atoms with Gasteiger partial charge >= 0.3 is 0 Å². The summed E-state index contributed by atoms with van der Waals surface area (Å²) in [6.07, 6.45) is 3.44. The number of nitrogens with zero attached hydrogens (tertiary/aromatic N) is 3. The number of nitriles is 1. The SMILES string of the molecule is CCC(C)NC(=O)c1nc(C(=O)Nc2ccccc2C#N)n2c1CCCC2. The van der Waals surface area contributed by atoms with E-state index in [2.05, 4.69) is 21.7 Å². The van der Waals surface area contributed by atoms with E-state index in [9.17, 15) is 14.9 Å². The molecular weight excluding hydrogens is 342 g/mol. The van der Waals surface area contributed by atoms with E-state index < -0.39 is 5.91 Å². The second-order valence-electron chi connectivity index (χ2n) is 6.73. The van der Waals surface area contributed by atoms with Gasteiger partial charge < -0.3 is 15.2 Å². The molecule has 2 heterocycles. The van der Waals surface area contributed by atoms with Gasteiger partial charge in [0.2, 0.25) is 0 Å². The van der Waals surface area contributed by atoms with Gasteiger partial charge in [-0.15, -0.1) is 0 Å². The minimum absolute atomic E-state index is 0.0400. The van der Waals surface area contributed by atoms with Gasteiger partial charge in [-0.05, 0) is 44.7 Å². The van der Waals surface area contributed by atoms with Crippen LogP contribution < -0.4 is 10.6 Å². The van der Waals surface area contributed by atoms with Gasteiger partial charge in [0.15, 0.2) is 5.82 Å². The zero-order valence-electron chi connectivity index (χ0n) is 15.6. The van der Waals surface area contributed by atoms with Crippen LogP contribution in [0.5, 0.6) is 0 Å². The summed E-state index contributed by atoms with van der Waals surface area (Å²) < 4.78 is 1.83. The molecule has 3 rings (SSSR count). The number of aromatic nitrogens is 2. The number of amides is 2. The molecule has 1 atom stereocenters. The summed E-state index contributed by atoms with van der Waals surface area (Å²) in [4.78, 5) is 29.8. The van der Waals surface area contributed by atoms with E-state index in [1.54, 1.807) is 24.3 Å². The molecule has 7 nitrogen and oxygen atoms in total. The molecule has 0 saturated carbocycles. The lowest BCUT2D eigenvalue weighted by atomic mass is 10.1. The Hall–Kier alpha value is -3.14. The highest BCUT2D eigenvalue weighted by Crippen LogP contribution is 2.23. The van der Waals surface area contributed by atoms with Crippen molar-refractivity contribution in [1.29, 1.82) is 5.26 Å². The summed E-state index contributed by atoms with van der Waals surface area (Å²) >= 11 is 0. The summed E-state index contributed by atoms with van der Waals surface area (Å²) in [5.74, 6) is -0.443. The second-order valence-corrected chi connectivity index (χ2v) is 6.73. The van der Waals surface area contributed by atoms with Crippen LogP contribution in [0, 0.1) is 11.3 Å². The molecule has 0 fully saturated rings. The molecule has 1 aromatic carbocycles. The fourth-order valence-corrected chi connectivity index (χ4v) is 3.16. The minimum atomic E-state index is -0.413. The number of anilines is 1. The number of hydrogen-bond donors (Lipinski definition) is 2. The monoisotopic (exact) mass is 365 g/mol. The lowest BCUT2D eigenvalue weighted by molar-refractivity contribution is 0.0933. The Labute approximate surface area is 158 Å². The maximum atomic E-state index is 12.8. The molecule has 2 amide bonds. The van der Waals surface area contributed by atoms with E-state index in [1.807, 2.05) is 18.4 Å². The van der Waals surface area contributed by atoms with Crippen LogP contribution in [0.2, 0.25) is 0 Å². The van der Waals surface area contributed by atoms with E-state index in [-0.39, 0.29) is 17.8 Å². The Morgan fingerprint density at radius 1 is 1.30 bits per heavy atom. The summed E-state index contributed by atoms with van der Waals surface area (Å²) in [6, 6.07) is 8.91. The maximum Gasteiger partial charge on any atom is 0.291 e. The molecule has 0 aliphatic carbocycles. The van der Waals surface area contributed by atoms with Crippen LogP contribution in [-0.2, 0) is 13.0 Å². The number of para-hydroxylation sites is 1. The normalized spacial score (nSPS) is 14.0. The topological polar surface area (TPSA) is 99.8 Å². The van der Waals surface area contributed by atoms with Crippen LogP contribution in [0.1, 0.15) is 65.5 Å². The quantitative estimate of drug-likeness (QED) is 0.851. The number of benzene rings is 1. The Morgan fingerprint density at radius 2 is 2.07 bits per heavy atom. The largest absolute Gasteiger partial charge is 0.348 e. The molecule has 140 valence electrons. The molecule has 0 saturated heterocycles. The minimum Gasteiger partial charge on any atom is -0.348 e. The Morgan fingerprint density at radius 3 is 2.81 bits per heavy atom. The first-order valence-electron chi connectivity index (χ1n) is 9.25. The molecule has 1 aromatic heterocycles. The van der Waals surface area contributed by atoms with Gasteiger partial charge in [-0.2, -0.15) is 5.26 Å². The van der Waals surface area contributed by atoms with E-state index >= 15 is 0 Å². The van der Waals surface area contributed by atoms with Crippen LogP contribution in [0.15, 0.2) is 24.3 Å². The van der Waals surface area contributed by atoms with Gasteiger partial charge in [0.25, 0.3) is 11.8 Å². The third kappa shape index (κ3) is 3.85. The Kier molecular flexibility index (Phi) is 5.55. The smallest absolute Gasteiger partial charge is 0.291 e. The van der Waals surface area contributed by atoms with Gasteiger partial charge in [0.1, 0.15) is 11.8 Å². The first-order valence-corrected chi connectivity index (χ1v) is 9.25. The number of imidazole rings is 1. The lowest BCUT2D eigenvalue weighted by Gasteiger charge is -2.17. The van der Waals surface area contributed by atoms with Crippen molar-refractivity contribution in [1.82, 2.24) is 14.9 Å². The average molecular weight is 365 g/mol. The van der Waals surface area contributed by atoms with E-state index in [4.69, 9.17) is 0 Å². The van der Waals surface area contributed by atoms with Crippen molar-refractivity contribution in [2.24, 2.45) is 0 Å². The fraction of sp³-hybridized carbons (Fsp3) is 0.400. The van der Waals surface area contributed by atoms with Gasteiger partial charge in [-0.1, -0.05) is 19.1 Å². The predicted octanol–water partition coefficient (Wildman–Crippen LogP) is 2.87. The van der Waals surface area contributed by atoms with Crippen molar-refractivity contribution in [3.05, 3.63) is 47.0 Å². The summed E-state index contributed by atoms with van der Waals surface area (Å²) in [5.41, 5.74) is 1.95. The molecule has 1 aliphatic heterocycles. The van der Waals surface area contributed by atoms with Crippen molar-refractivity contribution in [3.63, 3.8) is 0 Å². The molecule has 0 radical (unpaired) electrons. The standard InChI is InChI=1S/C20H23N5O2/c1-3-13(2)22-19(26)17-16-10-6-7-11-25(16)18(24-17)20(27)23-15-9-5-4-8-14(15)12-21/h4-5,8-9,13H,3,6-7,10-11H2,1-2H3,(H,22,26)(H,23,27). The van der Waals surface area contributed by atoms with Crippen molar-refractivity contribution >= 4 is 17.5 Å². The molecular formula is C20H23N5O2. The zero-order chi connectivity index (χ0) is 19.4. The van der Waals surface area contributed by atoms with Crippen molar-refractivity contribution < 1.29 is 9.59 Å². The van der Waals surface area contributed by atoms with Gasteiger partial charge in [0.05, 0.1) is 16.9 Å². The fourth-order valence-electron chi connectivity index (χ4n) is 3.16. The maximum absolute atomic E-state index is 12.8. The third-order valence-electron chi connectivity index (χ3n) is 4.82. The van der Waals surface area contributed by atoms with Gasteiger partial charge in [-0.25, -0.2) is 4.98 Å². The Balaban J connectivity index is 1.92. The molecule has 2 aromatic rings. The lowest BCUT2D eigenvalue weighted by Crippen LogP contribution is -2.33. The van der Waals surface area contributed by atoms with Crippen molar-refractivity contribution in [3.8, 4) is 6.07 Å². The van der Waals surface area contributed by atoms with Gasteiger partial charge in [0, 0.05) is 12.6 Å². The predicted molar refractivity (Wildman–Crippen MR) is 101 cm³/mol. The van der Waals surface area contributed by atoms with E-state index in [0.29, 0.717) is 23.5 Å². The summed E-state index contributed by atoms with van der Waals surface area (Å²) in [5, 5.41) is 14.9.